The van der Waals surface area contributed by atoms with Crippen LogP contribution in [-0.4, -0.2) is 5.97 Å². The third-order valence-corrected chi connectivity index (χ3v) is 3.72. The van der Waals surface area contributed by atoms with Crippen LogP contribution in [0, 0.1) is 5.82 Å². The molecule has 0 aliphatic heterocycles. The Labute approximate surface area is 124 Å². The van der Waals surface area contributed by atoms with Crippen LogP contribution in [0.5, 0.6) is 0 Å². The molecule has 0 amide bonds. The maximum Gasteiger partial charge on any atom is 0.303 e. The van der Waals surface area contributed by atoms with Gasteiger partial charge in [-0.05, 0) is 42.2 Å². The Bertz CT molecular complexity index is 617. The van der Waals surface area contributed by atoms with E-state index in [1.54, 1.807) is 12.1 Å². The largest absolute Gasteiger partial charge is 0.455 e. The molecule has 0 aliphatic rings. The van der Waals surface area contributed by atoms with Crippen molar-refractivity contribution in [2.24, 2.45) is 0 Å². The first-order valence-corrected chi connectivity index (χ1v) is 7.00. The van der Waals surface area contributed by atoms with Crippen molar-refractivity contribution in [3.63, 3.8) is 0 Å². The lowest BCUT2D eigenvalue weighted by atomic mass is 9.91. The molecule has 0 aromatic heterocycles. The van der Waals surface area contributed by atoms with Gasteiger partial charge < -0.3 is 4.74 Å². The van der Waals surface area contributed by atoms with Gasteiger partial charge in [0.05, 0.1) is 0 Å². The molecule has 0 aliphatic carbocycles. The predicted molar refractivity (Wildman–Crippen MR) is 81.2 cm³/mol. The van der Waals surface area contributed by atoms with Gasteiger partial charge in [0.2, 0.25) is 0 Å². The Morgan fingerprint density at radius 2 is 1.52 bits per heavy atom. The summed E-state index contributed by atoms with van der Waals surface area (Å²) < 4.78 is 18.4. The van der Waals surface area contributed by atoms with Gasteiger partial charge in [-0.3, -0.25) is 4.79 Å². The Morgan fingerprint density at radius 3 is 1.95 bits per heavy atom. The average Bonchev–Trinajstić information content (AvgIpc) is 2.47. The lowest BCUT2D eigenvalue weighted by molar-refractivity contribution is -0.156. The lowest BCUT2D eigenvalue weighted by Crippen LogP contribution is -2.27. The van der Waals surface area contributed by atoms with Crippen LogP contribution >= 0.6 is 0 Å². The third kappa shape index (κ3) is 3.48. The number of halogens is 1. The molecule has 0 radical (unpaired) electrons. The van der Waals surface area contributed by atoms with Crippen molar-refractivity contribution in [1.29, 1.82) is 0 Å². The molecule has 2 rings (SSSR count). The molecule has 110 valence electrons. The van der Waals surface area contributed by atoms with Gasteiger partial charge in [0.25, 0.3) is 0 Å². The summed E-state index contributed by atoms with van der Waals surface area (Å²) in [6, 6.07) is 14.2. The molecular weight excluding hydrogens is 267 g/mol. The molecule has 1 unspecified atom stereocenters. The fraction of sp³-hybridized carbons (Fsp3) is 0.278. The Hall–Kier alpha value is -2.16. The number of ether oxygens (including phenoxy) is 1. The fourth-order valence-corrected chi connectivity index (χ4v) is 2.31. The molecule has 21 heavy (non-hydrogen) atoms. The molecule has 3 heteroatoms. The van der Waals surface area contributed by atoms with E-state index in [1.165, 1.54) is 19.1 Å². The topological polar surface area (TPSA) is 26.3 Å². The van der Waals surface area contributed by atoms with Gasteiger partial charge in [-0.25, -0.2) is 4.39 Å². The lowest BCUT2D eigenvalue weighted by Gasteiger charge is -2.28. The number of carbonyl (C=O) groups excluding carboxylic acids is 1. The maximum absolute atomic E-state index is 12.9. The summed E-state index contributed by atoms with van der Waals surface area (Å²) in [5, 5.41) is 0. The minimum absolute atomic E-state index is 0.246. The number of benzene rings is 2. The zero-order valence-corrected chi connectivity index (χ0v) is 12.5. The normalized spacial score (nSPS) is 13.5. The molecule has 0 bridgehead atoms. The number of carbonyl (C=O) groups is 1. The van der Waals surface area contributed by atoms with Gasteiger partial charge in [-0.1, -0.05) is 43.3 Å². The van der Waals surface area contributed by atoms with Crippen LogP contribution in [0.15, 0.2) is 48.5 Å². The van der Waals surface area contributed by atoms with Crippen LogP contribution in [0.2, 0.25) is 0 Å². The summed E-state index contributed by atoms with van der Waals surface area (Å²) in [5.41, 5.74) is 2.28. The van der Waals surface area contributed by atoms with E-state index in [0.29, 0.717) is 6.42 Å². The highest BCUT2D eigenvalue weighted by molar-refractivity contribution is 5.67. The minimum Gasteiger partial charge on any atom is -0.455 e. The summed E-state index contributed by atoms with van der Waals surface area (Å²) >= 11 is 0. The second-order valence-electron chi connectivity index (χ2n) is 5.26. The van der Waals surface area contributed by atoms with Crippen molar-refractivity contribution in [1.82, 2.24) is 0 Å². The zero-order valence-electron chi connectivity index (χ0n) is 12.5. The molecule has 1 atom stereocenters. The molecule has 0 fully saturated rings. The average molecular weight is 286 g/mol. The summed E-state index contributed by atoms with van der Waals surface area (Å²) in [6.07, 6.45) is 0.697. The third-order valence-electron chi connectivity index (χ3n) is 3.72. The highest BCUT2D eigenvalue weighted by Crippen LogP contribution is 2.31. The van der Waals surface area contributed by atoms with E-state index < -0.39 is 5.60 Å². The van der Waals surface area contributed by atoms with Crippen molar-refractivity contribution in [3.8, 4) is 11.1 Å². The van der Waals surface area contributed by atoms with Gasteiger partial charge in [0.1, 0.15) is 11.4 Å². The van der Waals surface area contributed by atoms with Crippen LogP contribution in [0.4, 0.5) is 4.39 Å². The first-order chi connectivity index (χ1) is 9.94. The smallest absolute Gasteiger partial charge is 0.303 e. The molecule has 2 aromatic rings. The van der Waals surface area contributed by atoms with E-state index in [9.17, 15) is 9.18 Å². The van der Waals surface area contributed by atoms with E-state index in [-0.39, 0.29) is 11.8 Å². The molecule has 2 aromatic carbocycles. The van der Waals surface area contributed by atoms with Crippen LogP contribution < -0.4 is 0 Å². The molecular formula is C18H19FO2. The van der Waals surface area contributed by atoms with E-state index in [0.717, 1.165) is 16.7 Å². The Balaban J connectivity index is 2.29. The van der Waals surface area contributed by atoms with Crippen molar-refractivity contribution in [3.05, 3.63) is 59.9 Å². The predicted octanol–water partition coefficient (Wildman–Crippen LogP) is 4.68. The molecule has 0 saturated carbocycles. The monoisotopic (exact) mass is 286 g/mol. The molecule has 2 nitrogen and oxygen atoms in total. The first-order valence-electron chi connectivity index (χ1n) is 7.00. The molecule has 0 spiro atoms. The number of hydrogen-bond acceptors (Lipinski definition) is 2. The Morgan fingerprint density at radius 1 is 1.05 bits per heavy atom. The van der Waals surface area contributed by atoms with E-state index in [1.807, 2.05) is 38.1 Å². The van der Waals surface area contributed by atoms with Crippen molar-refractivity contribution < 1.29 is 13.9 Å². The van der Waals surface area contributed by atoms with Gasteiger partial charge in [0, 0.05) is 6.92 Å². The molecule has 0 saturated heterocycles. The van der Waals surface area contributed by atoms with Gasteiger partial charge in [-0.15, -0.1) is 0 Å². The molecule has 0 N–H and O–H groups in total. The van der Waals surface area contributed by atoms with Gasteiger partial charge in [-0.2, -0.15) is 0 Å². The van der Waals surface area contributed by atoms with Gasteiger partial charge >= 0.3 is 5.97 Å². The summed E-state index contributed by atoms with van der Waals surface area (Å²) in [4.78, 5) is 11.3. The zero-order chi connectivity index (χ0) is 15.5. The van der Waals surface area contributed by atoms with Gasteiger partial charge in [0.15, 0.2) is 0 Å². The first kappa shape index (κ1) is 15.2. The highest BCUT2D eigenvalue weighted by Gasteiger charge is 2.27. The van der Waals surface area contributed by atoms with Crippen molar-refractivity contribution in [2.45, 2.75) is 32.8 Å². The SMILES string of the molecule is CCC(C)(OC(C)=O)c1ccc(-c2ccc(F)cc2)cc1. The van der Waals surface area contributed by atoms with Crippen LogP contribution in [0.1, 0.15) is 32.8 Å². The van der Waals surface area contributed by atoms with Crippen LogP contribution in [-0.2, 0) is 15.1 Å². The van der Waals surface area contributed by atoms with E-state index in [2.05, 4.69) is 0 Å². The second-order valence-corrected chi connectivity index (χ2v) is 5.26. The second kappa shape index (κ2) is 6.08. The van der Waals surface area contributed by atoms with E-state index >= 15 is 0 Å². The number of esters is 1. The number of rotatable bonds is 4. The van der Waals surface area contributed by atoms with Crippen LogP contribution in [0.3, 0.4) is 0 Å². The number of hydrogen-bond donors (Lipinski definition) is 0. The van der Waals surface area contributed by atoms with E-state index in [4.69, 9.17) is 4.74 Å². The Kier molecular flexibility index (Phi) is 4.41. The van der Waals surface area contributed by atoms with Crippen molar-refractivity contribution in [2.75, 3.05) is 0 Å². The minimum atomic E-state index is -0.618. The standard InChI is InChI=1S/C18H19FO2/c1-4-18(3,21-13(2)20)16-9-5-14(6-10-16)15-7-11-17(19)12-8-15/h5-12H,4H2,1-3H3. The van der Waals surface area contributed by atoms with Crippen molar-refractivity contribution >= 4 is 5.97 Å². The molecule has 0 heterocycles. The maximum atomic E-state index is 12.9. The highest BCUT2D eigenvalue weighted by atomic mass is 19.1. The summed E-state index contributed by atoms with van der Waals surface area (Å²) in [6.45, 7) is 5.30. The quantitative estimate of drug-likeness (QED) is 0.763. The fourth-order valence-electron chi connectivity index (χ4n) is 2.31. The summed E-state index contributed by atoms with van der Waals surface area (Å²) in [7, 11) is 0. The van der Waals surface area contributed by atoms with Crippen LogP contribution in [0.25, 0.3) is 11.1 Å². The summed E-state index contributed by atoms with van der Waals surface area (Å²) in [5.74, 6) is -0.536.